The third-order valence-electron chi connectivity index (χ3n) is 6.04. The first-order chi connectivity index (χ1) is 12.2. The molecule has 0 aromatic rings. The second-order valence-electron chi connectivity index (χ2n) is 8.42. The molecule has 0 aromatic carbocycles. The summed E-state index contributed by atoms with van der Waals surface area (Å²) >= 11 is 0. The molecule has 0 aliphatic carbocycles. The molecule has 0 saturated heterocycles. The van der Waals surface area contributed by atoms with Crippen molar-refractivity contribution < 1.29 is 0 Å². The van der Waals surface area contributed by atoms with E-state index in [1.54, 1.807) is 0 Å². The van der Waals surface area contributed by atoms with E-state index in [1.807, 2.05) is 0 Å². The van der Waals surface area contributed by atoms with Crippen LogP contribution in [0.2, 0.25) is 0 Å². The topological polar surface area (TPSA) is 26.0 Å². The lowest BCUT2D eigenvalue weighted by Gasteiger charge is -2.32. The molecular formula is C24H51N. The normalized spacial score (nSPS) is 15.2. The predicted molar refractivity (Wildman–Crippen MR) is 116 cm³/mol. The number of unbranched alkanes of at least 4 members (excludes halogenated alkanes) is 9. The minimum absolute atomic E-state index is 0.446. The maximum Gasteiger partial charge on any atom is 0.00698 e. The van der Waals surface area contributed by atoms with Crippen LogP contribution in [0.1, 0.15) is 137 Å². The van der Waals surface area contributed by atoms with Crippen molar-refractivity contribution in [1.29, 1.82) is 0 Å². The Hall–Kier alpha value is -0.0400. The van der Waals surface area contributed by atoms with Gasteiger partial charge in [0.15, 0.2) is 0 Å². The third-order valence-corrected chi connectivity index (χ3v) is 6.04. The molecule has 3 unspecified atom stereocenters. The summed E-state index contributed by atoms with van der Waals surface area (Å²) in [6.45, 7) is 9.28. The third kappa shape index (κ3) is 13.8. The van der Waals surface area contributed by atoms with Crippen molar-refractivity contribution in [3.8, 4) is 0 Å². The minimum Gasteiger partial charge on any atom is -0.327 e. The summed E-state index contributed by atoms with van der Waals surface area (Å²) in [5.41, 5.74) is 6.78. The summed E-state index contributed by atoms with van der Waals surface area (Å²) in [5, 5.41) is 0. The van der Waals surface area contributed by atoms with Crippen LogP contribution in [0.5, 0.6) is 0 Å². The molecule has 25 heavy (non-hydrogen) atoms. The van der Waals surface area contributed by atoms with E-state index >= 15 is 0 Å². The van der Waals surface area contributed by atoms with Gasteiger partial charge in [0.05, 0.1) is 0 Å². The molecule has 0 spiro atoms. The molecule has 0 saturated carbocycles. The minimum atomic E-state index is 0.446. The van der Waals surface area contributed by atoms with Gasteiger partial charge in [-0.2, -0.15) is 0 Å². The molecule has 0 rings (SSSR count). The summed E-state index contributed by atoms with van der Waals surface area (Å²) in [7, 11) is 0. The van der Waals surface area contributed by atoms with Crippen LogP contribution in [-0.2, 0) is 0 Å². The summed E-state index contributed by atoms with van der Waals surface area (Å²) in [4.78, 5) is 0. The van der Waals surface area contributed by atoms with Crippen LogP contribution in [0.4, 0.5) is 0 Å². The van der Waals surface area contributed by atoms with Crippen LogP contribution < -0.4 is 5.73 Å². The second-order valence-corrected chi connectivity index (χ2v) is 8.42. The molecule has 0 heterocycles. The number of hydrogen-bond donors (Lipinski definition) is 1. The van der Waals surface area contributed by atoms with Crippen molar-refractivity contribution in [2.45, 2.75) is 143 Å². The highest BCUT2D eigenvalue weighted by atomic mass is 14.7. The van der Waals surface area contributed by atoms with Crippen molar-refractivity contribution in [3.05, 3.63) is 0 Å². The fourth-order valence-electron chi connectivity index (χ4n) is 4.31. The number of nitrogens with two attached hydrogens (primary N) is 1. The molecule has 0 aromatic heterocycles. The van der Waals surface area contributed by atoms with E-state index in [1.165, 1.54) is 109 Å². The molecule has 0 aliphatic heterocycles. The van der Waals surface area contributed by atoms with Gasteiger partial charge >= 0.3 is 0 Å². The van der Waals surface area contributed by atoms with Gasteiger partial charge in [-0.05, 0) is 24.7 Å². The van der Waals surface area contributed by atoms with E-state index in [4.69, 9.17) is 5.73 Å². The smallest absolute Gasteiger partial charge is 0.00698 e. The average molecular weight is 354 g/mol. The fraction of sp³-hybridized carbons (Fsp3) is 1.00. The lowest BCUT2D eigenvalue weighted by molar-refractivity contribution is 0.213. The van der Waals surface area contributed by atoms with Gasteiger partial charge in [-0.25, -0.2) is 0 Å². The lowest BCUT2D eigenvalue weighted by atomic mass is 9.76. The number of rotatable bonds is 19. The van der Waals surface area contributed by atoms with Gasteiger partial charge in [-0.3, -0.25) is 0 Å². The van der Waals surface area contributed by atoms with E-state index < -0.39 is 0 Å². The van der Waals surface area contributed by atoms with Crippen molar-refractivity contribution >= 4 is 0 Å². The Morgan fingerprint density at radius 1 is 0.480 bits per heavy atom. The van der Waals surface area contributed by atoms with Crippen molar-refractivity contribution in [2.75, 3.05) is 0 Å². The number of hydrogen-bond acceptors (Lipinski definition) is 1. The Labute approximate surface area is 160 Å². The van der Waals surface area contributed by atoms with Crippen LogP contribution in [-0.4, -0.2) is 6.04 Å². The standard InChI is InChI=1S/C24H51N/c1-5-9-13-14-15-17-21-24(25)23(20-12-8-4)22(18-11-7-3)19-16-10-6-2/h22-24H,5-21,25H2,1-4H3. The molecule has 2 N–H and O–H groups in total. The monoisotopic (exact) mass is 353 g/mol. The first-order valence-electron chi connectivity index (χ1n) is 12.0. The molecule has 0 amide bonds. The van der Waals surface area contributed by atoms with Gasteiger partial charge in [0.2, 0.25) is 0 Å². The van der Waals surface area contributed by atoms with Gasteiger partial charge in [-0.15, -0.1) is 0 Å². The first kappa shape index (κ1) is 25.0. The van der Waals surface area contributed by atoms with Crippen LogP contribution in [0.3, 0.4) is 0 Å². The molecule has 0 aliphatic rings. The SMILES string of the molecule is CCCCCCCCC(N)C(CCCC)C(CCCC)CCCCC. The van der Waals surface area contributed by atoms with E-state index in [0.29, 0.717) is 6.04 Å². The van der Waals surface area contributed by atoms with Crippen LogP contribution in [0.15, 0.2) is 0 Å². The Balaban J connectivity index is 4.48. The van der Waals surface area contributed by atoms with E-state index in [2.05, 4.69) is 27.7 Å². The Bertz CT molecular complexity index is 250. The van der Waals surface area contributed by atoms with Crippen LogP contribution in [0.25, 0.3) is 0 Å². The molecule has 1 nitrogen and oxygen atoms in total. The Morgan fingerprint density at radius 3 is 1.56 bits per heavy atom. The largest absolute Gasteiger partial charge is 0.327 e. The molecule has 1 heteroatoms. The highest BCUT2D eigenvalue weighted by molar-refractivity contribution is 4.80. The summed E-state index contributed by atoms with van der Waals surface area (Å²) < 4.78 is 0. The summed E-state index contributed by atoms with van der Waals surface area (Å²) in [5.74, 6) is 1.66. The van der Waals surface area contributed by atoms with Crippen molar-refractivity contribution in [2.24, 2.45) is 17.6 Å². The zero-order valence-corrected chi connectivity index (χ0v) is 18.3. The van der Waals surface area contributed by atoms with Crippen LogP contribution in [0, 0.1) is 11.8 Å². The molecule has 3 atom stereocenters. The molecule has 0 radical (unpaired) electrons. The van der Waals surface area contributed by atoms with Gasteiger partial charge in [0, 0.05) is 6.04 Å². The zero-order chi connectivity index (χ0) is 18.8. The van der Waals surface area contributed by atoms with Crippen LogP contribution >= 0.6 is 0 Å². The van der Waals surface area contributed by atoms with E-state index in [-0.39, 0.29) is 0 Å². The highest BCUT2D eigenvalue weighted by Gasteiger charge is 2.25. The predicted octanol–water partition coefficient (Wildman–Crippen LogP) is 8.26. The van der Waals surface area contributed by atoms with E-state index in [0.717, 1.165) is 11.8 Å². The van der Waals surface area contributed by atoms with Gasteiger partial charge in [0.25, 0.3) is 0 Å². The molecule has 0 bridgehead atoms. The van der Waals surface area contributed by atoms with Gasteiger partial charge in [-0.1, -0.05) is 124 Å². The van der Waals surface area contributed by atoms with Gasteiger partial charge in [0.1, 0.15) is 0 Å². The maximum atomic E-state index is 6.78. The fourth-order valence-corrected chi connectivity index (χ4v) is 4.31. The zero-order valence-electron chi connectivity index (χ0n) is 18.3. The molecular weight excluding hydrogens is 302 g/mol. The van der Waals surface area contributed by atoms with Gasteiger partial charge < -0.3 is 5.73 Å². The lowest BCUT2D eigenvalue weighted by Crippen LogP contribution is -2.35. The maximum absolute atomic E-state index is 6.78. The Morgan fingerprint density at radius 2 is 0.920 bits per heavy atom. The van der Waals surface area contributed by atoms with E-state index in [9.17, 15) is 0 Å². The average Bonchev–Trinajstić information content (AvgIpc) is 2.62. The Kier molecular flexibility index (Phi) is 18.7. The molecule has 152 valence electrons. The summed E-state index contributed by atoms with van der Waals surface area (Å²) in [6.07, 6.45) is 23.3. The second kappa shape index (κ2) is 18.7. The summed E-state index contributed by atoms with van der Waals surface area (Å²) in [6, 6.07) is 0.446. The molecule has 0 fully saturated rings. The quantitative estimate of drug-likeness (QED) is 0.232. The first-order valence-corrected chi connectivity index (χ1v) is 12.0. The van der Waals surface area contributed by atoms with Crippen molar-refractivity contribution in [3.63, 3.8) is 0 Å². The van der Waals surface area contributed by atoms with Crippen molar-refractivity contribution in [1.82, 2.24) is 0 Å². The highest BCUT2D eigenvalue weighted by Crippen LogP contribution is 2.32.